The van der Waals surface area contributed by atoms with Crippen LogP contribution in [0.2, 0.25) is 8.67 Å². The van der Waals surface area contributed by atoms with E-state index < -0.39 is 0 Å². The van der Waals surface area contributed by atoms with Gasteiger partial charge >= 0.3 is 0 Å². The fourth-order valence-corrected chi connectivity index (χ4v) is 4.01. The number of nitrogens with one attached hydrogen (secondary N) is 1. The molecule has 1 N–H and O–H groups in total. The van der Waals surface area contributed by atoms with Gasteiger partial charge in [0, 0.05) is 24.1 Å². The van der Waals surface area contributed by atoms with Crippen LogP contribution in [0.25, 0.3) is 0 Å². The predicted octanol–water partition coefficient (Wildman–Crippen LogP) is 4.13. The lowest BCUT2D eigenvalue weighted by Gasteiger charge is -2.26. The maximum absolute atomic E-state index is 6.25. The second-order valence-corrected chi connectivity index (χ2v) is 6.63. The van der Waals surface area contributed by atoms with E-state index in [4.69, 9.17) is 27.9 Å². The summed E-state index contributed by atoms with van der Waals surface area (Å²) < 4.78 is 7.19. The van der Waals surface area contributed by atoms with Crippen LogP contribution in [0.15, 0.2) is 6.07 Å². The summed E-state index contributed by atoms with van der Waals surface area (Å²) in [5.41, 5.74) is 1.12. The topological polar surface area (TPSA) is 21.3 Å². The first-order valence-electron chi connectivity index (χ1n) is 5.93. The van der Waals surface area contributed by atoms with Crippen molar-refractivity contribution in [1.82, 2.24) is 5.32 Å². The van der Waals surface area contributed by atoms with Crippen LogP contribution < -0.4 is 5.32 Å². The molecule has 1 aromatic heterocycles. The van der Waals surface area contributed by atoms with E-state index in [0.717, 1.165) is 33.8 Å². The van der Waals surface area contributed by atoms with Gasteiger partial charge in [0.05, 0.1) is 14.8 Å². The van der Waals surface area contributed by atoms with Crippen LogP contribution in [0.5, 0.6) is 0 Å². The summed E-state index contributed by atoms with van der Waals surface area (Å²) in [7, 11) is 0. The zero-order valence-corrected chi connectivity index (χ0v) is 12.3. The highest BCUT2D eigenvalue weighted by molar-refractivity contribution is 7.20. The van der Waals surface area contributed by atoms with E-state index >= 15 is 0 Å². The number of ether oxygens (including phenoxy) is 1. The van der Waals surface area contributed by atoms with Crippen LogP contribution >= 0.6 is 34.5 Å². The Morgan fingerprint density at radius 2 is 2.35 bits per heavy atom. The average Bonchev–Trinajstić information content (AvgIpc) is 2.82. The number of rotatable bonds is 4. The molecule has 1 saturated heterocycles. The summed E-state index contributed by atoms with van der Waals surface area (Å²) in [5, 5.41) is 3.51. The van der Waals surface area contributed by atoms with Gasteiger partial charge in [-0.2, -0.15) is 0 Å². The van der Waals surface area contributed by atoms with Gasteiger partial charge in [-0.05, 0) is 26.0 Å². The molecule has 1 aliphatic rings. The molecule has 0 amide bonds. The first kappa shape index (κ1) is 13.6. The number of hydrogen-bond acceptors (Lipinski definition) is 3. The van der Waals surface area contributed by atoms with Crippen LogP contribution in [0.4, 0.5) is 0 Å². The Morgan fingerprint density at radius 3 is 2.82 bits per heavy atom. The minimum absolute atomic E-state index is 0.244. The highest BCUT2D eigenvalue weighted by atomic mass is 35.5. The monoisotopic (exact) mass is 293 g/mol. The smallest absolute Gasteiger partial charge is 0.0992 e. The second kappa shape index (κ2) is 5.89. The molecule has 1 fully saturated rings. The summed E-state index contributed by atoms with van der Waals surface area (Å²) in [6.45, 7) is 5.99. The molecule has 0 aromatic carbocycles. The molecule has 0 radical (unpaired) electrons. The first-order valence-corrected chi connectivity index (χ1v) is 7.50. The Labute approximate surface area is 116 Å². The number of thiophene rings is 1. The van der Waals surface area contributed by atoms with Gasteiger partial charge in [0.1, 0.15) is 0 Å². The third kappa shape index (κ3) is 2.96. The van der Waals surface area contributed by atoms with Gasteiger partial charge in [0.2, 0.25) is 0 Å². The van der Waals surface area contributed by atoms with Gasteiger partial charge in [-0.25, -0.2) is 0 Å². The van der Waals surface area contributed by atoms with Crippen molar-refractivity contribution >= 4 is 34.5 Å². The molecule has 1 aromatic rings. The van der Waals surface area contributed by atoms with Crippen LogP contribution in [-0.4, -0.2) is 19.3 Å². The quantitative estimate of drug-likeness (QED) is 0.901. The van der Waals surface area contributed by atoms with E-state index in [2.05, 4.69) is 19.2 Å². The van der Waals surface area contributed by atoms with Gasteiger partial charge in [0.15, 0.2) is 0 Å². The molecule has 2 rings (SSSR count). The molecule has 17 heavy (non-hydrogen) atoms. The summed E-state index contributed by atoms with van der Waals surface area (Å²) in [5.74, 6) is 0.470. The van der Waals surface area contributed by atoms with Gasteiger partial charge in [-0.1, -0.05) is 30.1 Å². The molecule has 96 valence electrons. The van der Waals surface area contributed by atoms with Crippen molar-refractivity contribution < 1.29 is 4.74 Å². The molecule has 0 aliphatic carbocycles. The standard InChI is InChI=1S/C12H17Cl2NOS/c1-3-15-11(8-4-5-16-7(8)2)9-6-10(13)17-12(9)14/h6-8,11,15H,3-5H2,1-2H3. The Balaban J connectivity index is 2.25. The molecule has 5 heteroatoms. The van der Waals surface area contributed by atoms with Crippen LogP contribution in [0.3, 0.4) is 0 Å². The third-order valence-corrected chi connectivity index (χ3v) is 4.82. The first-order chi connectivity index (χ1) is 8.13. The summed E-state index contributed by atoms with van der Waals surface area (Å²) in [4.78, 5) is 0. The van der Waals surface area contributed by atoms with E-state index in [1.165, 1.54) is 11.3 Å². The van der Waals surface area contributed by atoms with E-state index in [0.29, 0.717) is 5.92 Å². The lowest BCUT2D eigenvalue weighted by molar-refractivity contribution is 0.0956. The molecule has 3 unspecified atom stereocenters. The highest BCUT2D eigenvalue weighted by Gasteiger charge is 2.34. The molecule has 0 saturated carbocycles. The fraction of sp³-hybridized carbons (Fsp3) is 0.667. The lowest BCUT2D eigenvalue weighted by Crippen LogP contribution is -2.31. The zero-order chi connectivity index (χ0) is 12.4. The summed E-state index contributed by atoms with van der Waals surface area (Å²) in [6, 6.07) is 2.22. The Morgan fingerprint density at radius 1 is 1.59 bits per heavy atom. The van der Waals surface area contributed by atoms with Crippen molar-refractivity contribution in [3.63, 3.8) is 0 Å². The highest BCUT2D eigenvalue weighted by Crippen LogP contribution is 2.41. The zero-order valence-electron chi connectivity index (χ0n) is 10.0. The Bertz CT molecular complexity index is 383. The maximum Gasteiger partial charge on any atom is 0.0992 e. The van der Waals surface area contributed by atoms with Crippen molar-refractivity contribution in [3.8, 4) is 0 Å². The van der Waals surface area contributed by atoms with E-state index in [9.17, 15) is 0 Å². The predicted molar refractivity (Wildman–Crippen MR) is 74.3 cm³/mol. The van der Waals surface area contributed by atoms with Crippen molar-refractivity contribution in [2.75, 3.05) is 13.2 Å². The molecule has 0 spiro atoms. The Kier molecular flexibility index (Phi) is 4.72. The Hall–Kier alpha value is 0.200. The molecule has 2 heterocycles. The van der Waals surface area contributed by atoms with Crippen LogP contribution in [0, 0.1) is 5.92 Å². The van der Waals surface area contributed by atoms with Crippen LogP contribution in [0.1, 0.15) is 31.9 Å². The number of hydrogen-bond donors (Lipinski definition) is 1. The molecule has 1 aliphatic heterocycles. The fourth-order valence-electron chi connectivity index (χ4n) is 2.46. The molecular weight excluding hydrogens is 277 g/mol. The SMILES string of the molecule is CCNC(c1cc(Cl)sc1Cl)C1CCOC1C. The lowest BCUT2D eigenvalue weighted by atomic mass is 9.89. The maximum atomic E-state index is 6.25. The summed E-state index contributed by atoms with van der Waals surface area (Å²) in [6.07, 6.45) is 1.34. The van der Waals surface area contributed by atoms with E-state index in [1.54, 1.807) is 0 Å². The molecule has 0 bridgehead atoms. The van der Waals surface area contributed by atoms with Crippen molar-refractivity contribution in [1.29, 1.82) is 0 Å². The summed E-state index contributed by atoms with van der Waals surface area (Å²) >= 11 is 13.7. The van der Waals surface area contributed by atoms with Gasteiger partial charge in [0.25, 0.3) is 0 Å². The minimum Gasteiger partial charge on any atom is -0.378 e. The molecular formula is C12H17Cl2NOS. The molecule has 2 nitrogen and oxygen atoms in total. The normalized spacial score (nSPS) is 26.4. The van der Waals surface area contributed by atoms with Crippen LogP contribution in [-0.2, 0) is 4.74 Å². The van der Waals surface area contributed by atoms with Gasteiger partial charge in [-0.15, -0.1) is 11.3 Å². The van der Waals surface area contributed by atoms with Crippen molar-refractivity contribution in [2.24, 2.45) is 5.92 Å². The minimum atomic E-state index is 0.244. The second-order valence-electron chi connectivity index (χ2n) is 4.34. The van der Waals surface area contributed by atoms with Crippen molar-refractivity contribution in [2.45, 2.75) is 32.4 Å². The van der Waals surface area contributed by atoms with Gasteiger partial charge in [-0.3, -0.25) is 0 Å². The van der Waals surface area contributed by atoms with E-state index in [1.807, 2.05) is 6.07 Å². The average molecular weight is 294 g/mol. The molecule has 3 atom stereocenters. The number of halogens is 2. The van der Waals surface area contributed by atoms with E-state index in [-0.39, 0.29) is 12.1 Å². The van der Waals surface area contributed by atoms with Gasteiger partial charge < -0.3 is 10.1 Å². The van der Waals surface area contributed by atoms with Crippen molar-refractivity contribution in [3.05, 3.63) is 20.3 Å². The third-order valence-electron chi connectivity index (χ3n) is 3.31. The largest absolute Gasteiger partial charge is 0.378 e.